The highest BCUT2D eigenvalue weighted by atomic mass is 16.3. The monoisotopic (exact) mass is 335 g/mol. The Balaban J connectivity index is 1.83. The highest BCUT2D eigenvalue weighted by Gasteiger charge is 2.49. The number of nitriles is 1. The van der Waals surface area contributed by atoms with E-state index in [0.29, 0.717) is 16.7 Å². The summed E-state index contributed by atoms with van der Waals surface area (Å²) < 4.78 is 0. The van der Waals surface area contributed by atoms with E-state index >= 15 is 0 Å². The van der Waals surface area contributed by atoms with Gasteiger partial charge in [-0.05, 0) is 30.2 Å². The summed E-state index contributed by atoms with van der Waals surface area (Å²) in [5, 5.41) is 21.9. The predicted octanol–water partition coefficient (Wildman–Crippen LogP) is 2.06. The highest BCUT2D eigenvalue weighted by Crippen LogP contribution is 2.30. The van der Waals surface area contributed by atoms with Gasteiger partial charge in [-0.2, -0.15) is 5.26 Å². The van der Waals surface area contributed by atoms with Gasteiger partial charge in [0.2, 0.25) is 0 Å². The molecule has 6 heteroatoms. The number of hydrogen-bond donors (Lipinski definition) is 2. The average molecular weight is 335 g/mol. The second kappa shape index (κ2) is 6.38. The molecule has 0 aliphatic carbocycles. The largest absolute Gasteiger partial charge is 0.387 e. The van der Waals surface area contributed by atoms with Crippen LogP contribution in [0.25, 0.3) is 0 Å². The van der Waals surface area contributed by atoms with E-state index in [4.69, 9.17) is 5.26 Å². The zero-order valence-electron chi connectivity index (χ0n) is 13.6. The summed E-state index contributed by atoms with van der Waals surface area (Å²) in [6, 6.07) is 16.8. The van der Waals surface area contributed by atoms with E-state index in [1.807, 2.05) is 12.1 Å². The Morgan fingerprint density at radius 3 is 2.40 bits per heavy atom. The minimum atomic E-state index is -1.22. The van der Waals surface area contributed by atoms with Crippen LogP contribution in [-0.2, 0) is 10.3 Å². The van der Waals surface area contributed by atoms with Crippen LogP contribution in [0.3, 0.4) is 0 Å². The summed E-state index contributed by atoms with van der Waals surface area (Å²) in [4.78, 5) is 26.1. The van der Waals surface area contributed by atoms with Gasteiger partial charge in [-0.15, -0.1) is 0 Å². The van der Waals surface area contributed by atoms with E-state index in [0.717, 1.165) is 4.90 Å². The van der Waals surface area contributed by atoms with Gasteiger partial charge >= 0.3 is 6.03 Å². The van der Waals surface area contributed by atoms with Crippen LogP contribution in [0.1, 0.15) is 29.7 Å². The molecular formula is C19H17N3O3. The van der Waals surface area contributed by atoms with E-state index in [9.17, 15) is 14.7 Å². The van der Waals surface area contributed by atoms with Crippen molar-refractivity contribution in [3.05, 3.63) is 71.3 Å². The molecule has 2 aromatic carbocycles. The Hall–Kier alpha value is -3.17. The average Bonchev–Trinajstić information content (AvgIpc) is 2.86. The van der Waals surface area contributed by atoms with E-state index in [1.54, 1.807) is 55.5 Å². The number of nitrogens with zero attached hydrogens (tertiary/aromatic N) is 2. The number of rotatable bonds is 4. The first-order valence-electron chi connectivity index (χ1n) is 7.83. The van der Waals surface area contributed by atoms with Crippen molar-refractivity contribution in [2.75, 3.05) is 6.54 Å². The van der Waals surface area contributed by atoms with Crippen LogP contribution in [0.4, 0.5) is 4.79 Å². The number of aliphatic hydroxyl groups excluding tert-OH is 1. The summed E-state index contributed by atoms with van der Waals surface area (Å²) >= 11 is 0. The number of imide groups is 1. The molecule has 1 aliphatic heterocycles. The van der Waals surface area contributed by atoms with Gasteiger partial charge in [0.15, 0.2) is 0 Å². The minimum Gasteiger partial charge on any atom is -0.387 e. The molecule has 1 aliphatic rings. The number of nitrogens with one attached hydrogen (secondary N) is 1. The van der Waals surface area contributed by atoms with Gasteiger partial charge in [-0.1, -0.05) is 42.5 Å². The second-order valence-electron chi connectivity index (χ2n) is 6.09. The fourth-order valence-corrected chi connectivity index (χ4v) is 2.89. The van der Waals surface area contributed by atoms with Crippen molar-refractivity contribution >= 4 is 11.9 Å². The lowest BCUT2D eigenvalue weighted by molar-refractivity contribution is -0.132. The maximum Gasteiger partial charge on any atom is 0.325 e. The van der Waals surface area contributed by atoms with Crippen molar-refractivity contribution in [3.8, 4) is 6.07 Å². The zero-order valence-corrected chi connectivity index (χ0v) is 13.6. The van der Waals surface area contributed by atoms with E-state index in [1.165, 1.54) is 0 Å². The Labute approximate surface area is 145 Å². The fourth-order valence-electron chi connectivity index (χ4n) is 2.89. The first-order valence-corrected chi connectivity index (χ1v) is 7.83. The van der Waals surface area contributed by atoms with Crippen LogP contribution >= 0.6 is 0 Å². The van der Waals surface area contributed by atoms with Gasteiger partial charge in [0.05, 0.1) is 24.3 Å². The number of hydrogen-bond acceptors (Lipinski definition) is 4. The first kappa shape index (κ1) is 16.7. The van der Waals surface area contributed by atoms with Crippen molar-refractivity contribution < 1.29 is 14.7 Å². The molecule has 0 saturated carbocycles. The maximum atomic E-state index is 12.8. The molecule has 2 unspecified atom stereocenters. The van der Waals surface area contributed by atoms with Crippen molar-refractivity contribution in [1.29, 1.82) is 5.26 Å². The lowest BCUT2D eigenvalue weighted by atomic mass is 9.91. The van der Waals surface area contributed by atoms with Crippen LogP contribution in [0, 0.1) is 11.3 Å². The Morgan fingerprint density at radius 1 is 1.16 bits per heavy atom. The molecule has 0 radical (unpaired) electrons. The van der Waals surface area contributed by atoms with E-state index < -0.39 is 23.6 Å². The van der Waals surface area contributed by atoms with Gasteiger partial charge in [0.25, 0.3) is 5.91 Å². The van der Waals surface area contributed by atoms with Gasteiger partial charge in [0.1, 0.15) is 5.54 Å². The predicted molar refractivity (Wildman–Crippen MR) is 90.2 cm³/mol. The van der Waals surface area contributed by atoms with Crippen LogP contribution in [0.5, 0.6) is 0 Å². The molecular weight excluding hydrogens is 318 g/mol. The Morgan fingerprint density at radius 2 is 1.80 bits per heavy atom. The minimum absolute atomic E-state index is 0.124. The lowest BCUT2D eigenvalue weighted by Crippen LogP contribution is -2.41. The molecule has 25 heavy (non-hydrogen) atoms. The molecule has 2 N–H and O–H groups in total. The molecule has 0 spiro atoms. The van der Waals surface area contributed by atoms with Crippen molar-refractivity contribution in [1.82, 2.24) is 10.2 Å². The van der Waals surface area contributed by atoms with Crippen LogP contribution in [-0.4, -0.2) is 28.5 Å². The third-order valence-corrected chi connectivity index (χ3v) is 4.41. The summed E-state index contributed by atoms with van der Waals surface area (Å²) in [5.74, 6) is -0.433. The SMILES string of the molecule is CC1(c2ccc(C#N)cc2)NC(=O)N(CC(O)c2ccccc2)C1=O. The van der Waals surface area contributed by atoms with Gasteiger partial charge in [-0.3, -0.25) is 9.69 Å². The van der Waals surface area contributed by atoms with Crippen LogP contribution in [0.15, 0.2) is 54.6 Å². The third-order valence-electron chi connectivity index (χ3n) is 4.41. The van der Waals surface area contributed by atoms with Crippen molar-refractivity contribution in [2.45, 2.75) is 18.6 Å². The highest BCUT2D eigenvalue weighted by molar-refractivity contribution is 6.07. The normalized spacial score (nSPS) is 20.9. The van der Waals surface area contributed by atoms with E-state index in [2.05, 4.69) is 5.32 Å². The molecule has 126 valence electrons. The number of aliphatic hydroxyl groups is 1. The summed E-state index contributed by atoms with van der Waals surface area (Å²) in [6.45, 7) is 1.49. The first-order chi connectivity index (χ1) is 12.0. The fraction of sp³-hybridized carbons (Fsp3) is 0.211. The molecule has 3 rings (SSSR count). The standard InChI is InChI=1S/C19H17N3O3/c1-19(15-9-7-13(11-20)8-10-15)17(24)22(18(25)21-19)12-16(23)14-5-3-2-4-6-14/h2-10,16,23H,12H2,1H3,(H,21,25). The lowest BCUT2D eigenvalue weighted by Gasteiger charge is -2.23. The van der Waals surface area contributed by atoms with Crippen molar-refractivity contribution in [2.24, 2.45) is 0 Å². The summed E-state index contributed by atoms with van der Waals surface area (Å²) in [7, 11) is 0. The smallest absolute Gasteiger partial charge is 0.325 e. The molecule has 2 aromatic rings. The number of carbonyl (C=O) groups is 2. The topological polar surface area (TPSA) is 93.4 Å². The number of benzene rings is 2. The second-order valence-corrected chi connectivity index (χ2v) is 6.09. The van der Waals surface area contributed by atoms with Crippen LogP contribution in [0.2, 0.25) is 0 Å². The third kappa shape index (κ3) is 2.97. The maximum absolute atomic E-state index is 12.8. The van der Waals surface area contributed by atoms with E-state index in [-0.39, 0.29) is 6.54 Å². The molecule has 3 amide bonds. The molecule has 1 fully saturated rings. The number of carbonyl (C=O) groups excluding carboxylic acids is 2. The zero-order chi connectivity index (χ0) is 18.0. The Bertz CT molecular complexity index is 842. The molecule has 1 heterocycles. The van der Waals surface area contributed by atoms with Gasteiger partial charge in [-0.25, -0.2) is 4.79 Å². The molecule has 6 nitrogen and oxygen atoms in total. The molecule has 2 atom stereocenters. The Kier molecular flexibility index (Phi) is 4.26. The summed E-state index contributed by atoms with van der Waals surface area (Å²) in [6.07, 6.45) is -0.959. The summed E-state index contributed by atoms with van der Waals surface area (Å²) in [5.41, 5.74) is 0.471. The quantitative estimate of drug-likeness (QED) is 0.836. The number of amides is 3. The molecule has 0 bridgehead atoms. The van der Waals surface area contributed by atoms with Gasteiger partial charge in [0, 0.05) is 0 Å². The number of β-amino-alcohol motifs (C(OH)–C–C–N with tert-alkyl or cyclic N) is 1. The van der Waals surface area contributed by atoms with Gasteiger partial charge < -0.3 is 10.4 Å². The number of urea groups is 1. The molecule has 0 aromatic heterocycles. The van der Waals surface area contributed by atoms with Crippen molar-refractivity contribution in [3.63, 3.8) is 0 Å². The van der Waals surface area contributed by atoms with Crippen LogP contribution < -0.4 is 5.32 Å². The molecule has 1 saturated heterocycles.